The third-order valence-electron chi connectivity index (χ3n) is 3.82. The Kier molecular flexibility index (Phi) is 4.47. The van der Waals surface area contributed by atoms with E-state index in [0.717, 1.165) is 16.8 Å². The molecule has 0 bridgehead atoms. The topological polar surface area (TPSA) is 75.9 Å². The van der Waals surface area contributed by atoms with Crippen molar-refractivity contribution in [2.24, 2.45) is 0 Å². The van der Waals surface area contributed by atoms with Crippen molar-refractivity contribution in [2.45, 2.75) is 13.8 Å². The van der Waals surface area contributed by atoms with E-state index in [0.29, 0.717) is 17.2 Å². The van der Waals surface area contributed by atoms with E-state index < -0.39 is 0 Å². The summed E-state index contributed by atoms with van der Waals surface area (Å²) < 4.78 is 1.53. The fraction of sp³-hybridized carbons (Fsp3) is 0.222. The number of nitrogens with zero attached hydrogens (tertiary/aromatic N) is 5. The Hall–Kier alpha value is -3.22. The monoisotopic (exact) mass is 336 g/mol. The largest absolute Gasteiger partial charge is 0.375 e. The van der Waals surface area contributed by atoms with E-state index in [4.69, 9.17) is 0 Å². The minimum atomic E-state index is -0.162. The lowest BCUT2D eigenvalue weighted by atomic mass is 10.1. The van der Waals surface area contributed by atoms with Gasteiger partial charge in [-0.05, 0) is 25.5 Å². The number of aryl methyl sites for hydroxylation is 2. The maximum absolute atomic E-state index is 12.5. The number of aromatic nitrogens is 4. The van der Waals surface area contributed by atoms with Gasteiger partial charge in [0.05, 0.1) is 36.2 Å². The van der Waals surface area contributed by atoms with Gasteiger partial charge in [-0.1, -0.05) is 17.7 Å². The number of rotatable bonds is 4. The molecule has 1 amide bonds. The molecule has 1 aromatic carbocycles. The van der Waals surface area contributed by atoms with Gasteiger partial charge in [0, 0.05) is 19.7 Å². The predicted octanol–water partition coefficient (Wildman–Crippen LogP) is 2.60. The Morgan fingerprint density at radius 3 is 2.52 bits per heavy atom. The van der Waals surface area contributed by atoms with Crippen LogP contribution in [0, 0.1) is 13.8 Å². The van der Waals surface area contributed by atoms with Crippen molar-refractivity contribution in [3.05, 3.63) is 59.7 Å². The van der Waals surface area contributed by atoms with E-state index >= 15 is 0 Å². The normalized spacial score (nSPS) is 10.6. The molecule has 0 aliphatic carbocycles. The molecule has 7 nitrogen and oxygen atoms in total. The van der Waals surface area contributed by atoms with Crippen molar-refractivity contribution in [3.8, 4) is 5.95 Å². The number of benzene rings is 1. The van der Waals surface area contributed by atoms with Crippen molar-refractivity contribution in [1.82, 2.24) is 19.7 Å². The van der Waals surface area contributed by atoms with Crippen LogP contribution in [-0.4, -0.2) is 39.8 Å². The van der Waals surface area contributed by atoms with Gasteiger partial charge in [0.1, 0.15) is 0 Å². The lowest BCUT2D eigenvalue weighted by Gasteiger charge is -2.10. The molecule has 0 unspecified atom stereocenters. The Morgan fingerprint density at radius 1 is 1.12 bits per heavy atom. The summed E-state index contributed by atoms with van der Waals surface area (Å²) in [5.74, 6) is 0.280. The molecule has 0 saturated carbocycles. The van der Waals surface area contributed by atoms with Crippen molar-refractivity contribution < 1.29 is 4.79 Å². The van der Waals surface area contributed by atoms with Crippen LogP contribution in [0.1, 0.15) is 21.5 Å². The molecule has 0 aliphatic heterocycles. The third-order valence-corrected chi connectivity index (χ3v) is 3.82. The number of hydrogen-bond acceptors (Lipinski definition) is 5. The van der Waals surface area contributed by atoms with Crippen LogP contribution >= 0.6 is 0 Å². The summed E-state index contributed by atoms with van der Waals surface area (Å²) in [6.07, 6.45) is 6.71. The zero-order valence-electron chi connectivity index (χ0n) is 14.7. The van der Waals surface area contributed by atoms with E-state index in [2.05, 4.69) is 20.4 Å². The highest BCUT2D eigenvalue weighted by atomic mass is 16.1. The van der Waals surface area contributed by atoms with Crippen molar-refractivity contribution in [3.63, 3.8) is 0 Å². The standard InChI is InChI=1S/C18H20N6O/c1-12-5-6-13(2)16(7-12)17(25)22-14-8-21-24(11-14)18-19-9-15(10-20-18)23(3)4/h5-11H,1-4H3,(H,22,25). The van der Waals surface area contributed by atoms with E-state index in [1.165, 1.54) is 4.68 Å². The minimum absolute atomic E-state index is 0.162. The van der Waals surface area contributed by atoms with Gasteiger partial charge >= 0.3 is 0 Å². The van der Waals surface area contributed by atoms with Crippen LogP contribution in [0.25, 0.3) is 5.95 Å². The molecule has 3 aromatic rings. The number of carbonyl (C=O) groups excluding carboxylic acids is 1. The van der Waals surface area contributed by atoms with Gasteiger partial charge in [0.15, 0.2) is 0 Å². The average molecular weight is 336 g/mol. The molecule has 0 aliphatic rings. The number of carbonyl (C=O) groups is 1. The number of nitrogens with one attached hydrogen (secondary N) is 1. The van der Waals surface area contributed by atoms with Crippen LogP contribution in [0.5, 0.6) is 0 Å². The number of anilines is 2. The van der Waals surface area contributed by atoms with Crippen molar-refractivity contribution in [2.75, 3.05) is 24.3 Å². The number of hydrogen-bond donors (Lipinski definition) is 1. The van der Waals surface area contributed by atoms with Crippen LogP contribution < -0.4 is 10.2 Å². The lowest BCUT2D eigenvalue weighted by Crippen LogP contribution is -2.13. The Balaban J connectivity index is 1.77. The highest BCUT2D eigenvalue weighted by Crippen LogP contribution is 2.15. The van der Waals surface area contributed by atoms with Gasteiger partial charge < -0.3 is 10.2 Å². The first-order valence-electron chi connectivity index (χ1n) is 7.87. The first-order valence-corrected chi connectivity index (χ1v) is 7.87. The van der Waals surface area contributed by atoms with Crippen LogP contribution in [0.2, 0.25) is 0 Å². The first-order chi connectivity index (χ1) is 11.9. The SMILES string of the molecule is Cc1ccc(C)c(C(=O)Nc2cnn(-c3ncc(N(C)C)cn3)c2)c1. The zero-order chi connectivity index (χ0) is 18.0. The molecule has 2 heterocycles. The minimum Gasteiger partial charge on any atom is -0.375 e. The molecule has 0 fully saturated rings. The summed E-state index contributed by atoms with van der Waals surface area (Å²) in [4.78, 5) is 23.0. The zero-order valence-corrected chi connectivity index (χ0v) is 14.7. The molecule has 0 spiro atoms. The fourth-order valence-electron chi connectivity index (χ4n) is 2.34. The third kappa shape index (κ3) is 3.65. The van der Waals surface area contributed by atoms with Crippen LogP contribution in [0.4, 0.5) is 11.4 Å². The van der Waals surface area contributed by atoms with Gasteiger partial charge in [-0.2, -0.15) is 5.10 Å². The summed E-state index contributed by atoms with van der Waals surface area (Å²) in [7, 11) is 3.85. The second-order valence-corrected chi connectivity index (χ2v) is 6.08. The van der Waals surface area contributed by atoms with Gasteiger partial charge in [-0.25, -0.2) is 14.6 Å². The van der Waals surface area contributed by atoms with Crippen LogP contribution in [0.15, 0.2) is 43.0 Å². The predicted molar refractivity (Wildman–Crippen MR) is 97.4 cm³/mol. The second kappa shape index (κ2) is 6.72. The van der Waals surface area contributed by atoms with Gasteiger partial charge in [-0.15, -0.1) is 0 Å². The molecule has 0 atom stereocenters. The smallest absolute Gasteiger partial charge is 0.256 e. The van der Waals surface area contributed by atoms with Crippen molar-refractivity contribution in [1.29, 1.82) is 0 Å². The van der Waals surface area contributed by atoms with Crippen LogP contribution in [-0.2, 0) is 0 Å². The van der Waals surface area contributed by atoms with Gasteiger partial charge in [0.25, 0.3) is 11.9 Å². The molecular formula is C18H20N6O. The Bertz CT molecular complexity index is 898. The highest BCUT2D eigenvalue weighted by molar-refractivity contribution is 6.05. The molecular weight excluding hydrogens is 316 g/mol. The summed E-state index contributed by atoms with van der Waals surface area (Å²) in [5.41, 5.74) is 4.11. The summed E-state index contributed by atoms with van der Waals surface area (Å²) in [6, 6.07) is 5.80. The maximum atomic E-state index is 12.5. The summed E-state index contributed by atoms with van der Waals surface area (Å²) in [6.45, 7) is 3.88. The molecule has 0 saturated heterocycles. The van der Waals surface area contributed by atoms with Gasteiger partial charge in [-0.3, -0.25) is 4.79 Å². The van der Waals surface area contributed by atoms with E-state index in [1.807, 2.05) is 51.0 Å². The summed E-state index contributed by atoms with van der Waals surface area (Å²) >= 11 is 0. The molecule has 3 rings (SSSR count). The average Bonchev–Trinajstić information content (AvgIpc) is 3.05. The van der Waals surface area contributed by atoms with E-state index in [-0.39, 0.29) is 5.91 Å². The van der Waals surface area contributed by atoms with Gasteiger partial charge in [0.2, 0.25) is 0 Å². The summed E-state index contributed by atoms with van der Waals surface area (Å²) in [5, 5.41) is 7.07. The molecule has 0 radical (unpaired) electrons. The van der Waals surface area contributed by atoms with E-state index in [9.17, 15) is 4.79 Å². The molecule has 25 heavy (non-hydrogen) atoms. The molecule has 128 valence electrons. The van der Waals surface area contributed by atoms with E-state index in [1.54, 1.807) is 24.8 Å². The Morgan fingerprint density at radius 2 is 1.84 bits per heavy atom. The quantitative estimate of drug-likeness (QED) is 0.792. The molecule has 1 N–H and O–H groups in total. The first kappa shape index (κ1) is 16.6. The fourth-order valence-corrected chi connectivity index (χ4v) is 2.34. The molecule has 2 aromatic heterocycles. The lowest BCUT2D eigenvalue weighted by molar-refractivity contribution is 0.102. The second-order valence-electron chi connectivity index (χ2n) is 6.08. The highest BCUT2D eigenvalue weighted by Gasteiger charge is 2.11. The van der Waals surface area contributed by atoms with Crippen LogP contribution in [0.3, 0.4) is 0 Å². The maximum Gasteiger partial charge on any atom is 0.256 e. The molecule has 7 heteroatoms. The van der Waals surface area contributed by atoms with Crippen molar-refractivity contribution >= 4 is 17.3 Å². The number of amides is 1. The Labute approximate surface area is 146 Å².